The van der Waals surface area contributed by atoms with E-state index in [9.17, 15) is 4.79 Å². The van der Waals surface area contributed by atoms with Gasteiger partial charge in [0.1, 0.15) is 0 Å². The second kappa shape index (κ2) is 4.01. The SMILES string of the molecule is Cn1ncc2ccc(N3CC[C@@H](C(N)=O)C3)cc21. The third-order valence-corrected chi connectivity index (χ3v) is 3.69. The summed E-state index contributed by atoms with van der Waals surface area (Å²) in [6.07, 6.45) is 2.70. The molecule has 2 aromatic rings. The molecule has 2 N–H and O–H groups in total. The zero-order valence-electron chi connectivity index (χ0n) is 10.3. The van der Waals surface area contributed by atoms with Crippen molar-refractivity contribution < 1.29 is 4.79 Å². The van der Waals surface area contributed by atoms with Crippen LogP contribution in [0, 0.1) is 5.92 Å². The second-order valence-corrected chi connectivity index (χ2v) is 4.85. The van der Waals surface area contributed by atoms with Gasteiger partial charge in [0, 0.05) is 31.2 Å². The third-order valence-electron chi connectivity index (χ3n) is 3.69. The van der Waals surface area contributed by atoms with E-state index in [1.54, 1.807) is 0 Å². The molecule has 2 heterocycles. The molecule has 5 nitrogen and oxygen atoms in total. The summed E-state index contributed by atoms with van der Waals surface area (Å²) in [7, 11) is 1.93. The van der Waals surface area contributed by atoms with Crippen LogP contribution >= 0.6 is 0 Å². The topological polar surface area (TPSA) is 64.2 Å². The van der Waals surface area contributed by atoms with E-state index in [0.717, 1.165) is 36.1 Å². The number of carbonyl (C=O) groups excluding carboxylic acids is 1. The monoisotopic (exact) mass is 244 g/mol. The number of hydrogen-bond donors (Lipinski definition) is 1. The number of nitrogens with two attached hydrogens (primary N) is 1. The Labute approximate surface area is 105 Å². The van der Waals surface area contributed by atoms with Crippen molar-refractivity contribution in [1.29, 1.82) is 0 Å². The van der Waals surface area contributed by atoms with Crippen molar-refractivity contribution in [3.8, 4) is 0 Å². The van der Waals surface area contributed by atoms with Gasteiger partial charge >= 0.3 is 0 Å². The fourth-order valence-electron chi connectivity index (χ4n) is 2.56. The molecule has 1 amide bonds. The smallest absolute Gasteiger partial charge is 0.222 e. The number of rotatable bonds is 2. The zero-order valence-corrected chi connectivity index (χ0v) is 10.3. The summed E-state index contributed by atoms with van der Waals surface area (Å²) in [5.74, 6) is -0.216. The van der Waals surface area contributed by atoms with Crippen molar-refractivity contribution >= 4 is 22.5 Å². The molecule has 5 heteroatoms. The summed E-state index contributed by atoms with van der Waals surface area (Å²) >= 11 is 0. The van der Waals surface area contributed by atoms with E-state index in [2.05, 4.69) is 28.2 Å². The number of nitrogens with zero attached hydrogens (tertiary/aromatic N) is 3. The van der Waals surface area contributed by atoms with Crippen LogP contribution in [0.5, 0.6) is 0 Å². The van der Waals surface area contributed by atoms with Crippen molar-refractivity contribution in [2.24, 2.45) is 18.7 Å². The molecule has 0 spiro atoms. The number of aromatic nitrogens is 2. The third kappa shape index (κ3) is 1.72. The predicted molar refractivity (Wildman–Crippen MR) is 70.2 cm³/mol. The first-order chi connectivity index (χ1) is 8.65. The minimum Gasteiger partial charge on any atom is -0.371 e. The van der Waals surface area contributed by atoms with E-state index in [-0.39, 0.29) is 11.8 Å². The van der Waals surface area contributed by atoms with Gasteiger partial charge < -0.3 is 10.6 Å². The number of aryl methyl sites for hydroxylation is 1. The molecule has 0 saturated carbocycles. The van der Waals surface area contributed by atoms with Gasteiger partial charge in [-0.3, -0.25) is 9.48 Å². The van der Waals surface area contributed by atoms with Crippen LogP contribution in [-0.2, 0) is 11.8 Å². The number of primary amides is 1. The zero-order chi connectivity index (χ0) is 12.7. The highest BCUT2D eigenvalue weighted by atomic mass is 16.1. The van der Waals surface area contributed by atoms with Crippen LogP contribution in [0.15, 0.2) is 24.4 Å². The predicted octanol–water partition coefficient (Wildman–Crippen LogP) is 0.885. The molecule has 0 bridgehead atoms. The Hall–Kier alpha value is -2.04. The number of benzene rings is 1. The Balaban J connectivity index is 1.91. The van der Waals surface area contributed by atoms with E-state index >= 15 is 0 Å². The number of hydrogen-bond acceptors (Lipinski definition) is 3. The van der Waals surface area contributed by atoms with Crippen molar-refractivity contribution in [3.63, 3.8) is 0 Å². The van der Waals surface area contributed by atoms with Gasteiger partial charge in [-0.2, -0.15) is 5.10 Å². The molecular weight excluding hydrogens is 228 g/mol. The maximum absolute atomic E-state index is 11.2. The highest BCUT2D eigenvalue weighted by Crippen LogP contribution is 2.26. The maximum Gasteiger partial charge on any atom is 0.222 e. The van der Waals surface area contributed by atoms with Crippen molar-refractivity contribution in [1.82, 2.24) is 9.78 Å². The van der Waals surface area contributed by atoms with Crippen LogP contribution in [0.2, 0.25) is 0 Å². The van der Waals surface area contributed by atoms with E-state index in [1.807, 2.05) is 17.9 Å². The molecule has 1 fully saturated rings. The summed E-state index contributed by atoms with van der Waals surface area (Å²) in [6, 6.07) is 6.26. The average molecular weight is 244 g/mol. The number of carbonyl (C=O) groups is 1. The van der Waals surface area contributed by atoms with E-state index in [4.69, 9.17) is 5.73 Å². The number of anilines is 1. The van der Waals surface area contributed by atoms with Gasteiger partial charge in [-0.05, 0) is 24.6 Å². The van der Waals surface area contributed by atoms with Gasteiger partial charge in [0.05, 0.1) is 17.6 Å². The Kier molecular flexibility index (Phi) is 2.47. The molecular formula is C13H16N4O. The van der Waals surface area contributed by atoms with Crippen molar-refractivity contribution in [2.45, 2.75) is 6.42 Å². The molecule has 1 atom stereocenters. The Bertz CT molecular complexity index is 604. The lowest BCUT2D eigenvalue weighted by Crippen LogP contribution is -2.27. The minimum absolute atomic E-state index is 0.0211. The molecule has 0 unspecified atom stereocenters. The largest absolute Gasteiger partial charge is 0.371 e. The lowest BCUT2D eigenvalue weighted by atomic mass is 10.1. The first-order valence-corrected chi connectivity index (χ1v) is 6.11. The maximum atomic E-state index is 11.2. The first-order valence-electron chi connectivity index (χ1n) is 6.11. The van der Waals surface area contributed by atoms with Crippen LogP contribution in [0.4, 0.5) is 5.69 Å². The quantitative estimate of drug-likeness (QED) is 0.853. The van der Waals surface area contributed by atoms with Crippen LogP contribution in [-0.4, -0.2) is 28.8 Å². The molecule has 0 radical (unpaired) electrons. The summed E-state index contributed by atoms with van der Waals surface area (Å²) in [5, 5.41) is 5.36. The number of amides is 1. The Morgan fingerprint density at radius 3 is 3.06 bits per heavy atom. The molecule has 1 aromatic heterocycles. The highest BCUT2D eigenvalue weighted by Gasteiger charge is 2.26. The Morgan fingerprint density at radius 2 is 2.33 bits per heavy atom. The molecule has 3 rings (SSSR count). The second-order valence-electron chi connectivity index (χ2n) is 4.85. The molecule has 94 valence electrons. The van der Waals surface area contributed by atoms with Gasteiger partial charge in [0.25, 0.3) is 0 Å². The van der Waals surface area contributed by atoms with Gasteiger partial charge in [0.15, 0.2) is 0 Å². The lowest BCUT2D eigenvalue weighted by Gasteiger charge is -2.18. The fraction of sp³-hybridized carbons (Fsp3) is 0.385. The number of fused-ring (bicyclic) bond motifs is 1. The molecule has 0 aliphatic carbocycles. The summed E-state index contributed by atoms with van der Waals surface area (Å²) in [6.45, 7) is 1.61. The standard InChI is InChI=1S/C13H16N4O/c1-16-12-6-11(3-2-9(12)7-15-16)17-5-4-10(8-17)13(14)18/h2-3,6-7,10H,4-5,8H2,1H3,(H2,14,18)/t10-/m1/s1. The van der Waals surface area contributed by atoms with Gasteiger partial charge in [-0.25, -0.2) is 0 Å². The highest BCUT2D eigenvalue weighted by molar-refractivity contribution is 5.83. The van der Waals surface area contributed by atoms with E-state index < -0.39 is 0 Å². The molecule has 1 aliphatic heterocycles. The van der Waals surface area contributed by atoms with Crippen LogP contribution in [0.25, 0.3) is 10.9 Å². The average Bonchev–Trinajstić information content (AvgIpc) is 2.96. The van der Waals surface area contributed by atoms with Crippen LogP contribution < -0.4 is 10.6 Å². The molecule has 1 aromatic carbocycles. The van der Waals surface area contributed by atoms with Gasteiger partial charge in [-0.1, -0.05) is 0 Å². The minimum atomic E-state index is -0.195. The summed E-state index contributed by atoms with van der Waals surface area (Å²) < 4.78 is 1.86. The van der Waals surface area contributed by atoms with Gasteiger partial charge in [-0.15, -0.1) is 0 Å². The van der Waals surface area contributed by atoms with E-state index in [1.165, 1.54) is 0 Å². The summed E-state index contributed by atoms with van der Waals surface area (Å²) in [4.78, 5) is 13.4. The molecule has 1 saturated heterocycles. The van der Waals surface area contributed by atoms with Gasteiger partial charge in [0.2, 0.25) is 5.91 Å². The fourth-order valence-corrected chi connectivity index (χ4v) is 2.56. The molecule has 18 heavy (non-hydrogen) atoms. The lowest BCUT2D eigenvalue weighted by molar-refractivity contribution is -0.121. The molecule has 1 aliphatic rings. The van der Waals surface area contributed by atoms with Crippen LogP contribution in [0.3, 0.4) is 0 Å². The van der Waals surface area contributed by atoms with Crippen molar-refractivity contribution in [3.05, 3.63) is 24.4 Å². The normalized spacial score (nSPS) is 19.6. The van der Waals surface area contributed by atoms with Crippen LogP contribution in [0.1, 0.15) is 6.42 Å². The first kappa shape index (κ1) is 11.1. The van der Waals surface area contributed by atoms with E-state index in [0.29, 0.717) is 0 Å². The van der Waals surface area contributed by atoms with Crippen molar-refractivity contribution in [2.75, 3.05) is 18.0 Å². The Morgan fingerprint density at radius 1 is 1.50 bits per heavy atom. The summed E-state index contributed by atoms with van der Waals surface area (Å²) in [5.41, 5.74) is 7.60.